The van der Waals surface area contributed by atoms with Gasteiger partial charge in [0.2, 0.25) is 0 Å². The van der Waals surface area contributed by atoms with Gasteiger partial charge in [0.1, 0.15) is 6.10 Å². The lowest BCUT2D eigenvalue weighted by atomic mass is 10.0. The Hall–Kier alpha value is -1.00. The van der Waals surface area contributed by atoms with Crippen molar-refractivity contribution >= 4 is 0 Å². The molecule has 0 aliphatic rings. The van der Waals surface area contributed by atoms with Gasteiger partial charge in [-0.25, -0.2) is 8.78 Å². The van der Waals surface area contributed by atoms with Crippen LogP contribution in [0.2, 0.25) is 0 Å². The highest BCUT2D eigenvalue weighted by Gasteiger charge is 2.15. The molecule has 2 nitrogen and oxygen atoms in total. The van der Waals surface area contributed by atoms with Crippen LogP contribution in [0.4, 0.5) is 8.78 Å². The van der Waals surface area contributed by atoms with Crippen LogP contribution in [0.15, 0.2) is 24.3 Å². The Morgan fingerprint density at radius 3 is 2.17 bits per heavy atom. The molecule has 0 fully saturated rings. The second kappa shape index (κ2) is 7.44. The van der Waals surface area contributed by atoms with Crippen molar-refractivity contribution in [2.45, 2.75) is 39.3 Å². The van der Waals surface area contributed by atoms with Crippen molar-refractivity contribution in [1.82, 2.24) is 5.32 Å². The molecule has 0 aromatic heterocycles. The molecule has 18 heavy (non-hydrogen) atoms. The van der Waals surface area contributed by atoms with E-state index in [0.29, 0.717) is 12.5 Å². The van der Waals surface area contributed by atoms with Crippen LogP contribution in [-0.4, -0.2) is 24.2 Å². The highest BCUT2D eigenvalue weighted by Crippen LogP contribution is 2.09. The average Bonchev–Trinajstić information content (AvgIpc) is 2.30. The van der Waals surface area contributed by atoms with Gasteiger partial charge < -0.3 is 10.4 Å². The number of rotatable bonds is 7. The van der Waals surface area contributed by atoms with Gasteiger partial charge in [-0.1, -0.05) is 38.1 Å². The maximum Gasteiger partial charge on any atom is 0.265 e. The van der Waals surface area contributed by atoms with E-state index in [1.807, 2.05) is 12.1 Å². The number of hydrogen-bond acceptors (Lipinski definition) is 2. The summed E-state index contributed by atoms with van der Waals surface area (Å²) in [6.07, 6.45) is -3.24. The van der Waals surface area contributed by atoms with E-state index in [1.165, 1.54) is 5.56 Å². The Morgan fingerprint density at radius 1 is 1.11 bits per heavy atom. The minimum absolute atomic E-state index is 0.0919. The first-order valence-corrected chi connectivity index (χ1v) is 6.23. The molecule has 0 saturated heterocycles. The van der Waals surface area contributed by atoms with E-state index in [1.54, 1.807) is 0 Å². The molecule has 1 aromatic carbocycles. The molecule has 0 amide bonds. The molecule has 102 valence electrons. The third kappa shape index (κ3) is 5.56. The molecule has 1 unspecified atom stereocenters. The van der Waals surface area contributed by atoms with E-state index in [2.05, 4.69) is 31.3 Å². The van der Waals surface area contributed by atoms with Gasteiger partial charge in [-0.3, -0.25) is 0 Å². The van der Waals surface area contributed by atoms with Gasteiger partial charge in [0.25, 0.3) is 6.43 Å². The number of benzene rings is 1. The lowest BCUT2D eigenvalue weighted by molar-refractivity contribution is -0.00340. The van der Waals surface area contributed by atoms with Crippen LogP contribution in [0.25, 0.3) is 0 Å². The highest BCUT2D eigenvalue weighted by molar-refractivity contribution is 5.22. The Kier molecular flexibility index (Phi) is 6.22. The van der Waals surface area contributed by atoms with Gasteiger partial charge in [-0.05, 0) is 23.5 Å². The maximum atomic E-state index is 12.0. The molecule has 0 bridgehead atoms. The Bertz CT molecular complexity index is 338. The zero-order valence-electron chi connectivity index (χ0n) is 10.9. The van der Waals surface area contributed by atoms with Crippen LogP contribution < -0.4 is 5.32 Å². The molecule has 0 aliphatic heterocycles. The lowest BCUT2D eigenvalue weighted by Gasteiger charge is -2.11. The molecule has 0 radical (unpaired) electrons. The molecule has 1 aromatic rings. The standard InChI is InChI=1S/C14H21F2NO/c1-10(2)7-11-3-5-12(6-4-11)8-17-9-13(18)14(15)16/h3-6,10,13-14,17-18H,7-9H2,1-2H3. The van der Waals surface area contributed by atoms with Crippen molar-refractivity contribution < 1.29 is 13.9 Å². The first-order chi connectivity index (χ1) is 8.49. The summed E-state index contributed by atoms with van der Waals surface area (Å²) in [5.74, 6) is 0.621. The number of halogens is 2. The van der Waals surface area contributed by atoms with Crippen LogP contribution in [0, 0.1) is 5.92 Å². The first-order valence-electron chi connectivity index (χ1n) is 6.23. The molecule has 4 heteroatoms. The van der Waals surface area contributed by atoms with Crippen LogP contribution >= 0.6 is 0 Å². The predicted molar refractivity (Wildman–Crippen MR) is 68.7 cm³/mol. The number of aliphatic hydroxyl groups is 1. The van der Waals surface area contributed by atoms with E-state index >= 15 is 0 Å². The number of aliphatic hydroxyl groups excluding tert-OH is 1. The van der Waals surface area contributed by atoms with Gasteiger partial charge in [0.15, 0.2) is 0 Å². The van der Waals surface area contributed by atoms with Crippen molar-refractivity contribution in [3.63, 3.8) is 0 Å². The van der Waals surface area contributed by atoms with E-state index in [9.17, 15) is 8.78 Å². The summed E-state index contributed by atoms with van der Waals surface area (Å²) in [6.45, 7) is 4.74. The SMILES string of the molecule is CC(C)Cc1ccc(CNCC(O)C(F)F)cc1. The van der Waals surface area contributed by atoms with Gasteiger partial charge in [0, 0.05) is 13.1 Å². The number of nitrogens with one attached hydrogen (secondary N) is 1. The Balaban J connectivity index is 2.35. The van der Waals surface area contributed by atoms with Crippen LogP contribution in [-0.2, 0) is 13.0 Å². The first kappa shape index (κ1) is 15.1. The summed E-state index contributed by atoms with van der Waals surface area (Å²) in [6, 6.07) is 8.08. The molecule has 1 atom stereocenters. The third-order valence-electron chi connectivity index (χ3n) is 2.64. The summed E-state index contributed by atoms with van der Waals surface area (Å²) in [5.41, 5.74) is 2.31. The molecule has 0 spiro atoms. The van der Waals surface area contributed by atoms with Crippen LogP contribution in [0.5, 0.6) is 0 Å². The highest BCUT2D eigenvalue weighted by atomic mass is 19.3. The smallest absolute Gasteiger partial charge is 0.265 e. The second-order valence-electron chi connectivity index (χ2n) is 4.95. The van der Waals surface area contributed by atoms with E-state index < -0.39 is 12.5 Å². The summed E-state index contributed by atoms with van der Waals surface area (Å²) in [7, 11) is 0. The Labute approximate surface area is 107 Å². The molecule has 1 rings (SSSR count). The van der Waals surface area contributed by atoms with E-state index in [4.69, 9.17) is 5.11 Å². The summed E-state index contributed by atoms with van der Waals surface area (Å²) < 4.78 is 24.1. The molecular formula is C14H21F2NO. The quantitative estimate of drug-likeness (QED) is 0.787. The minimum atomic E-state index is -2.69. The predicted octanol–water partition coefficient (Wildman–Crippen LogP) is 2.60. The number of alkyl halides is 2. The van der Waals surface area contributed by atoms with Crippen LogP contribution in [0.1, 0.15) is 25.0 Å². The zero-order chi connectivity index (χ0) is 13.5. The molecule has 0 heterocycles. The monoisotopic (exact) mass is 257 g/mol. The summed E-state index contributed by atoms with van der Waals surface area (Å²) >= 11 is 0. The average molecular weight is 257 g/mol. The van der Waals surface area contributed by atoms with Gasteiger partial charge in [-0.2, -0.15) is 0 Å². The number of hydrogen-bond donors (Lipinski definition) is 2. The molecule has 0 saturated carbocycles. The third-order valence-corrected chi connectivity index (χ3v) is 2.64. The van der Waals surface area contributed by atoms with Crippen LogP contribution in [0.3, 0.4) is 0 Å². The topological polar surface area (TPSA) is 32.3 Å². The van der Waals surface area contributed by atoms with Gasteiger partial charge >= 0.3 is 0 Å². The summed E-state index contributed by atoms with van der Waals surface area (Å²) in [5, 5.41) is 11.7. The Morgan fingerprint density at radius 2 is 1.67 bits per heavy atom. The fourth-order valence-electron chi connectivity index (χ4n) is 1.72. The molecule has 2 N–H and O–H groups in total. The fourth-order valence-corrected chi connectivity index (χ4v) is 1.72. The maximum absolute atomic E-state index is 12.0. The van der Waals surface area contributed by atoms with E-state index in [0.717, 1.165) is 12.0 Å². The van der Waals surface area contributed by atoms with Crippen molar-refractivity contribution in [1.29, 1.82) is 0 Å². The normalized spacial score (nSPS) is 13.3. The van der Waals surface area contributed by atoms with Crippen molar-refractivity contribution in [3.05, 3.63) is 35.4 Å². The van der Waals surface area contributed by atoms with Crippen molar-refractivity contribution in [3.8, 4) is 0 Å². The summed E-state index contributed by atoms with van der Waals surface area (Å²) in [4.78, 5) is 0. The van der Waals surface area contributed by atoms with Crippen molar-refractivity contribution in [2.75, 3.05) is 6.54 Å². The molecular weight excluding hydrogens is 236 g/mol. The van der Waals surface area contributed by atoms with E-state index in [-0.39, 0.29) is 6.54 Å². The zero-order valence-corrected chi connectivity index (χ0v) is 10.9. The fraction of sp³-hybridized carbons (Fsp3) is 0.571. The van der Waals surface area contributed by atoms with Gasteiger partial charge in [0.05, 0.1) is 0 Å². The van der Waals surface area contributed by atoms with Gasteiger partial charge in [-0.15, -0.1) is 0 Å². The second-order valence-corrected chi connectivity index (χ2v) is 4.95. The largest absolute Gasteiger partial charge is 0.386 e. The molecule has 0 aliphatic carbocycles. The lowest BCUT2D eigenvalue weighted by Crippen LogP contribution is -2.31. The van der Waals surface area contributed by atoms with Crippen molar-refractivity contribution in [2.24, 2.45) is 5.92 Å². The minimum Gasteiger partial charge on any atom is -0.386 e.